The highest BCUT2D eigenvalue weighted by Gasteiger charge is 2.29. The monoisotopic (exact) mass is 484 g/mol. The summed E-state index contributed by atoms with van der Waals surface area (Å²) in [6, 6.07) is 10.9. The molecule has 13 heteroatoms. The molecule has 35 heavy (non-hydrogen) atoms. The summed E-state index contributed by atoms with van der Waals surface area (Å²) in [4.78, 5) is 23.9. The quantitative estimate of drug-likeness (QED) is 0.279. The molecule has 1 amide bonds. The van der Waals surface area contributed by atoms with Crippen LogP contribution in [0.5, 0.6) is 0 Å². The summed E-state index contributed by atoms with van der Waals surface area (Å²) >= 11 is 0. The normalized spacial score (nSPS) is 11.8. The maximum atomic E-state index is 13.4. The van der Waals surface area contributed by atoms with Gasteiger partial charge in [-0.15, -0.1) is 0 Å². The Morgan fingerprint density at radius 3 is 2.66 bits per heavy atom. The van der Waals surface area contributed by atoms with Crippen LogP contribution >= 0.6 is 0 Å². The van der Waals surface area contributed by atoms with E-state index in [0.29, 0.717) is 28.2 Å². The van der Waals surface area contributed by atoms with Gasteiger partial charge in [-0.05, 0) is 35.9 Å². The van der Waals surface area contributed by atoms with Gasteiger partial charge in [0.15, 0.2) is 5.82 Å². The number of amides is 1. The number of imidazole rings is 1. The van der Waals surface area contributed by atoms with Gasteiger partial charge >= 0.3 is 6.18 Å². The smallest absolute Gasteiger partial charge is 0.382 e. The topological polar surface area (TPSA) is 126 Å². The zero-order valence-electron chi connectivity index (χ0n) is 17.7. The molecule has 5 rings (SSSR count). The summed E-state index contributed by atoms with van der Waals surface area (Å²) in [6.45, 7) is -1.48. The maximum absolute atomic E-state index is 13.4. The lowest BCUT2D eigenvalue weighted by Crippen LogP contribution is -2.33. The van der Waals surface area contributed by atoms with Crippen LogP contribution in [-0.2, 0) is 0 Å². The number of nitrogens with one attached hydrogen (secondary N) is 3. The third kappa shape index (κ3) is 4.43. The number of halogens is 4. The maximum Gasteiger partial charge on any atom is 0.405 e. The number of nitrogens with zero attached hydrogens (tertiary/aromatic N) is 4. The van der Waals surface area contributed by atoms with Gasteiger partial charge in [0.25, 0.3) is 5.91 Å². The fraction of sp³-hybridized carbons (Fsp3) is 0.0909. The number of aromatic amines is 1. The first kappa shape index (κ1) is 22.1. The fourth-order valence-electron chi connectivity index (χ4n) is 3.67. The molecule has 5 N–H and O–H groups in total. The molecule has 0 aliphatic rings. The minimum Gasteiger partial charge on any atom is -0.382 e. The van der Waals surface area contributed by atoms with Gasteiger partial charge in [0.05, 0.1) is 16.6 Å². The van der Waals surface area contributed by atoms with Crippen molar-refractivity contribution in [3.8, 4) is 11.1 Å². The van der Waals surface area contributed by atoms with Crippen molar-refractivity contribution < 1.29 is 22.4 Å². The third-order valence-corrected chi connectivity index (χ3v) is 5.18. The standard InChI is InChI=1S/C22H16F4N8O/c23-12-3-6-15-16(7-12)33-21(32-15)31-13-4-1-11(2-5-13)17-14(20(35)28-9-22(24,25)26)8-34-18(17)19(27)29-10-30-34/h1-8,10H,9H2,(H,28,35)(H2,27,29,30)(H2,31,32,33). The van der Waals surface area contributed by atoms with Crippen LogP contribution in [0.1, 0.15) is 10.4 Å². The van der Waals surface area contributed by atoms with Gasteiger partial charge in [-0.1, -0.05) is 12.1 Å². The van der Waals surface area contributed by atoms with Crippen LogP contribution < -0.4 is 16.4 Å². The summed E-state index contributed by atoms with van der Waals surface area (Å²) in [6.07, 6.45) is -2.09. The van der Waals surface area contributed by atoms with Crippen LogP contribution in [0.4, 0.5) is 35.0 Å². The van der Waals surface area contributed by atoms with Crippen molar-refractivity contribution in [1.82, 2.24) is 29.9 Å². The van der Waals surface area contributed by atoms with Crippen molar-refractivity contribution in [3.63, 3.8) is 0 Å². The molecule has 0 aliphatic carbocycles. The number of fused-ring (bicyclic) bond motifs is 2. The molecule has 178 valence electrons. The van der Waals surface area contributed by atoms with E-state index in [2.05, 4.69) is 25.4 Å². The first-order valence-corrected chi connectivity index (χ1v) is 10.2. The molecule has 0 saturated heterocycles. The van der Waals surface area contributed by atoms with Crippen molar-refractivity contribution >= 4 is 39.9 Å². The van der Waals surface area contributed by atoms with Gasteiger partial charge in [-0.3, -0.25) is 4.79 Å². The Morgan fingerprint density at radius 1 is 1.14 bits per heavy atom. The molecule has 2 aromatic carbocycles. The number of benzene rings is 2. The van der Waals surface area contributed by atoms with Crippen LogP contribution in [0.25, 0.3) is 27.7 Å². The molecule has 0 bridgehead atoms. The molecule has 0 aliphatic heterocycles. The first-order chi connectivity index (χ1) is 16.7. The molecule has 0 radical (unpaired) electrons. The van der Waals surface area contributed by atoms with E-state index in [1.54, 1.807) is 30.3 Å². The Kier molecular flexibility index (Phi) is 5.23. The average Bonchev–Trinajstić information content (AvgIpc) is 3.39. The predicted molar refractivity (Wildman–Crippen MR) is 121 cm³/mol. The summed E-state index contributed by atoms with van der Waals surface area (Å²) in [5.74, 6) is -0.881. The molecule has 0 spiro atoms. The zero-order valence-corrected chi connectivity index (χ0v) is 17.7. The number of alkyl halides is 3. The lowest BCUT2D eigenvalue weighted by molar-refractivity contribution is -0.123. The van der Waals surface area contributed by atoms with E-state index in [4.69, 9.17) is 5.73 Å². The molecule has 3 aromatic heterocycles. The second-order valence-electron chi connectivity index (χ2n) is 7.60. The highest BCUT2D eigenvalue weighted by molar-refractivity contribution is 6.07. The Morgan fingerprint density at radius 2 is 1.91 bits per heavy atom. The lowest BCUT2D eigenvalue weighted by atomic mass is 10.0. The van der Waals surface area contributed by atoms with Crippen LogP contribution in [-0.4, -0.2) is 43.2 Å². The number of nitrogen functional groups attached to an aromatic ring is 1. The SMILES string of the molecule is Nc1ncnn2cc(C(=O)NCC(F)(F)F)c(-c3ccc(Nc4nc5ccc(F)cc5[nH]4)cc3)c12. The van der Waals surface area contributed by atoms with E-state index in [9.17, 15) is 22.4 Å². The molecule has 5 aromatic rings. The second kappa shape index (κ2) is 8.27. The lowest BCUT2D eigenvalue weighted by Gasteiger charge is -2.10. The largest absolute Gasteiger partial charge is 0.405 e. The van der Waals surface area contributed by atoms with E-state index in [1.807, 2.05) is 5.32 Å². The summed E-state index contributed by atoms with van der Waals surface area (Å²) in [7, 11) is 0. The van der Waals surface area contributed by atoms with Crippen molar-refractivity contribution in [1.29, 1.82) is 0 Å². The number of aromatic nitrogens is 5. The molecular formula is C22H16F4N8O. The Bertz CT molecular complexity index is 1560. The number of rotatable bonds is 5. The highest BCUT2D eigenvalue weighted by Crippen LogP contribution is 2.33. The van der Waals surface area contributed by atoms with E-state index in [1.165, 1.54) is 29.2 Å². The summed E-state index contributed by atoms with van der Waals surface area (Å²) in [5.41, 5.74) is 8.74. The van der Waals surface area contributed by atoms with Gasteiger partial charge in [-0.25, -0.2) is 18.9 Å². The van der Waals surface area contributed by atoms with Crippen molar-refractivity contribution in [2.75, 3.05) is 17.6 Å². The Labute approximate surface area is 194 Å². The molecule has 0 atom stereocenters. The molecule has 0 saturated carbocycles. The zero-order chi connectivity index (χ0) is 24.7. The van der Waals surface area contributed by atoms with E-state index in [-0.39, 0.29) is 22.5 Å². The van der Waals surface area contributed by atoms with E-state index >= 15 is 0 Å². The van der Waals surface area contributed by atoms with E-state index < -0.39 is 24.4 Å². The molecule has 3 heterocycles. The van der Waals surface area contributed by atoms with Gasteiger partial charge in [0, 0.05) is 17.4 Å². The molecule has 9 nitrogen and oxygen atoms in total. The molecule has 0 fully saturated rings. The minimum atomic E-state index is -4.57. The first-order valence-electron chi connectivity index (χ1n) is 10.2. The minimum absolute atomic E-state index is 0.0403. The van der Waals surface area contributed by atoms with Crippen molar-refractivity contribution in [3.05, 3.63) is 66.4 Å². The fourth-order valence-corrected chi connectivity index (χ4v) is 3.67. The third-order valence-electron chi connectivity index (χ3n) is 5.18. The van der Waals surface area contributed by atoms with Gasteiger partial charge in [-0.2, -0.15) is 18.3 Å². The van der Waals surface area contributed by atoms with Crippen LogP contribution in [0, 0.1) is 5.82 Å². The number of hydrogen-bond acceptors (Lipinski definition) is 6. The number of carbonyl (C=O) groups is 1. The van der Waals surface area contributed by atoms with Gasteiger partial charge < -0.3 is 21.4 Å². The van der Waals surface area contributed by atoms with Crippen LogP contribution in [0.2, 0.25) is 0 Å². The predicted octanol–water partition coefficient (Wildman–Crippen LogP) is 4.03. The number of carbonyl (C=O) groups excluding carboxylic acids is 1. The van der Waals surface area contributed by atoms with Crippen molar-refractivity contribution in [2.24, 2.45) is 0 Å². The van der Waals surface area contributed by atoms with Crippen LogP contribution in [0.15, 0.2) is 55.0 Å². The molecular weight excluding hydrogens is 468 g/mol. The number of nitrogens with two attached hydrogens (primary N) is 1. The Balaban J connectivity index is 1.48. The van der Waals surface area contributed by atoms with E-state index in [0.717, 1.165) is 0 Å². The summed E-state index contributed by atoms with van der Waals surface area (Å²) < 4.78 is 52.6. The Hall–Kier alpha value is -4.68. The number of hydrogen-bond donors (Lipinski definition) is 4. The summed E-state index contributed by atoms with van der Waals surface area (Å²) in [5, 5.41) is 8.94. The van der Waals surface area contributed by atoms with Gasteiger partial charge in [0.1, 0.15) is 24.2 Å². The molecule has 0 unspecified atom stereocenters. The average molecular weight is 484 g/mol. The van der Waals surface area contributed by atoms with Crippen molar-refractivity contribution in [2.45, 2.75) is 6.18 Å². The number of H-pyrrole nitrogens is 1. The van der Waals surface area contributed by atoms with Crippen LogP contribution in [0.3, 0.4) is 0 Å². The second-order valence-corrected chi connectivity index (χ2v) is 7.60. The highest BCUT2D eigenvalue weighted by atomic mass is 19.4. The van der Waals surface area contributed by atoms with Gasteiger partial charge in [0.2, 0.25) is 5.95 Å². The number of anilines is 3.